The molecule has 112 valence electrons. The third-order valence-electron chi connectivity index (χ3n) is 4.14. The van der Waals surface area contributed by atoms with Gasteiger partial charge in [-0.25, -0.2) is 0 Å². The normalized spacial score (nSPS) is 19.2. The molecule has 0 amide bonds. The largest absolute Gasteiger partial charge is 0.384 e. The Kier molecular flexibility index (Phi) is 6.34. The number of nitrogens with zero attached hydrogens (tertiary/aromatic N) is 1. The molecule has 3 nitrogen and oxygen atoms in total. The van der Waals surface area contributed by atoms with Crippen LogP contribution in [0.1, 0.15) is 32.3 Å². The second-order valence-electron chi connectivity index (χ2n) is 5.58. The Hall–Kier alpha value is -1.06. The molecule has 1 aromatic carbocycles. The molecule has 0 aliphatic carbocycles. The monoisotopic (exact) mass is 276 g/mol. The fourth-order valence-corrected chi connectivity index (χ4v) is 2.74. The predicted octanol–water partition coefficient (Wildman–Crippen LogP) is 3.37. The second-order valence-corrected chi connectivity index (χ2v) is 5.58. The van der Waals surface area contributed by atoms with Crippen molar-refractivity contribution >= 4 is 5.69 Å². The Bertz CT molecular complexity index is 384. The fourth-order valence-electron chi connectivity index (χ4n) is 2.74. The number of anilines is 1. The zero-order chi connectivity index (χ0) is 14.2. The van der Waals surface area contributed by atoms with Crippen LogP contribution in [0, 0.1) is 5.92 Å². The van der Waals surface area contributed by atoms with Crippen LogP contribution in [0.4, 0.5) is 5.69 Å². The van der Waals surface area contributed by atoms with Gasteiger partial charge in [0.1, 0.15) is 0 Å². The molecule has 0 bridgehead atoms. The molecule has 0 spiro atoms. The lowest BCUT2D eigenvalue weighted by atomic mass is 10.0. The molecular formula is C17H28N2O. The number of ether oxygens (including phenoxy) is 1. The second kappa shape index (κ2) is 8.28. The molecule has 0 aromatic heterocycles. The van der Waals surface area contributed by atoms with Gasteiger partial charge in [0.05, 0.1) is 6.61 Å². The average Bonchev–Trinajstić information content (AvgIpc) is 2.52. The van der Waals surface area contributed by atoms with Gasteiger partial charge >= 0.3 is 0 Å². The highest BCUT2D eigenvalue weighted by atomic mass is 16.5. The van der Waals surface area contributed by atoms with E-state index in [-0.39, 0.29) is 0 Å². The first-order chi connectivity index (χ1) is 9.83. The van der Waals surface area contributed by atoms with Crippen LogP contribution in [-0.2, 0) is 11.3 Å². The number of benzene rings is 1. The van der Waals surface area contributed by atoms with Gasteiger partial charge < -0.3 is 10.1 Å². The summed E-state index contributed by atoms with van der Waals surface area (Å²) in [5, 5.41) is 3.63. The van der Waals surface area contributed by atoms with E-state index in [2.05, 4.69) is 48.3 Å². The minimum absolute atomic E-state index is 0.658. The third kappa shape index (κ3) is 4.50. The molecule has 1 unspecified atom stereocenters. The number of rotatable bonds is 7. The first kappa shape index (κ1) is 15.3. The summed E-state index contributed by atoms with van der Waals surface area (Å²) in [7, 11) is 0. The van der Waals surface area contributed by atoms with Crippen LogP contribution in [0.2, 0.25) is 0 Å². The fraction of sp³-hybridized carbons (Fsp3) is 0.647. The van der Waals surface area contributed by atoms with Crippen molar-refractivity contribution in [2.24, 2.45) is 5.92 Å². The molecule has 0 saturated carbocycles. The Morgan fingerprint density at radius 3 is 2.75 bits per heavy atom. The van der Waals surface area contributed by atoms with Gasteiger partial charge in [-0.1, -0.05) is 32.0 Å². The van der Waals surface area contributed by atoms with Crippen molar-refractivity contribution in [3.63, 3.8) is 0 Å². The summed E-state index contributed by atoms with van der Waals surface area (Å²) in [4.78, 5) is 2.45. The van der Waals surface area contributed by atoms with E-state index in [1.165, 1.54) is 24.1 Å². The van der Waals surface area contributed by atoms with Gasteiger partial charge in [0, 0.05) is 25.4 Å². The predicted molar refractivity (Wildman–Crippen MR) is 85.1 cm³/mol. The van der Waals surface area contributed by atoms with Crippen molar-refractivity contribution < 1.29 is 4.74 Å². The molecule has 1 atom stereocenters. The summed E-state index contributed by atoms with van der Waals surface area (Å²) < 4.78 is 5.55. The highest BCUT2D eigenvalue weighted by Gasteiger charge is 2.14. The molecule has 1 N–H and O–H groups in total. The lowest BCUT2D eigenvalue weighted by molar-refractivity contribution is 0.0595. The summed E-state index contributed by atoms with van der Waals surface area (Å²) in [6.07, 6.45) is 2.48. The Morgan fingerprint density at radius 1 is 1.25 bits per heavy atom. The first-order valence-electron chi connectivity index (χ1n) is 7.95. The first-order valence-corrected chi connectivity index (χ1v) is 7.95. The lowest BCUT2D eigenvalue weighted by Crippen LogP contribution is -2.26. The highest BCUT2D eigenvalue weighted by Crippen LogP contribution is 2.19. The molecule has 1 fully saturated rings. The van der Waals surface area contributed by atoms with Crippen LogP contribution < -0.4 is 5.32 Å². The van der Waals surface area contributed by atoms with E-state index in [1.54, 1.807) is 0 Å². The molecule has 1 aromatic rings. The molecule has 1 heterocycles. The van der Waals surface area contributed by atoms with Crippen LogP contribution >= 0.6 is 0 Å². The van der Waals surface area contributed by atoms with Crippen molar-refractivity contribution in [2.45, 2.75) is 33.2 Å². The van der Waals surface area contributed by atoms with E-state index >= 15 is 0 Å². The zero-order valence-corrected chi connectivity index (χ0v) is 12.9. The number of hydrogen-bond donors (Lipinski definition) is 1. The van der Waals surface area contributed by atoms with E-state index in [1.807, 2.05) is 0 Å². The maximum absolute atomic E-state index is 5.55. The number of para-hydroxylation sites is 1. The minimum Gasteiger partial charge on any atom is -0.384 e. The van der Waals surface area contributed by atoms with Gasteiger partial charge in [-0.05, 0) is 43.5 Å². The van der Waals surface area contributed by atoms with Crippen molar-refractivity contribution in [1.29, 1.82) is 0 Å². The smallest absolute Gasteiger partial charge is 0.0511 e. The SMILES string of the molecule is CCN(CC)Cc1ccccc1NCC1CCCOC1. The molecule has 3 heteroatoms. The van der Waals surface area contributed by atoms with Crippen molar-refractivity contribution in [1.82, 2.24) is 4.90 Å². The average molecular weight is 276 g/mol. The van der Waals surface area contributed by atoms with Crippen LogP contribution in [-0.4, -0.2) is 37.7 Å². The Labute approximate surface area is 123 Å². The van der Waals surface area contributed by atoms with Crippen LogP contribution in [0.5, 0.6) is 0 Å². The molecule has 1 aliphatic heterocycles. The van der Waals surface area contributed by atoms with Crippen molar-refractivity contribution in [3.8, 4) is 0 Å². The summed E-state index contributed by atoms with van der Waals surface area (Å²) in [5.74, 6) is 0.658. The lowest BCUT2D eigenvalue weighted by Gasteiger charge is -2.24. The number of hydrogen-bond acceptors (Lipinski definition) is 3. The van der Waals surface area contributed by atoms with Crippen LogP contribution in [0.25, 0.3) is 0 Å². The Morgan fingerprint density at radius 2 is 2.05 bits per heavy atom. The summed E-state index contributed by atoms with van der Waals surface area (Å²) >= 11 is 0. The van der Waals surface area contributed by atoms with E-state index in [0.717, 1.165) is 39.4 Å². The van der Waals surface area contributed by atoms with Crippen LogP contribution in [0.3, 0.4) is 0 Å². The van der Waals surface area contributed by atoms with E-state index in [9.17, 15) is 0 Å². The van der Waals surface area contributed by atoms with Crippen molar-refractivity contribution in [2.75, 3.05) is 38.2 Å². The van der Waals surface area contributed by atoms with Gasteiger partial charge in [0.2, 0.25) is 0 Å². The van der Waals surface area contributed by atoms with Gasteiger partial charge in [-0.2, -0.15) is 0 Å². The standard InChI is InChI=1S/C17H28N2O/c1-3-19(4-2)13-16-9-5-6-10-17(16)18-12-15-8-7-11-20-14-15/h5-6,9-10,15,18H,3-4,7-8,11-14H2,1-2H3. The van der Waals surface area contributed by atoms with E-state index in [4.69, 9.17) is 4.74 Å². The van der Waals surface area contributed by atoms with Crippen LogP contribution in [0.15, 0.2) is 24.3 Å². The van der Waals surface area contributed by atoms with Crippen molar-refractivity contribution in [3.05, 3.63) is 29.8 Å². The molecule has 2 rings (SSSR count). The molecule has 1 aliphatic rings. The highest BCUT2D eigenvalue weighted by molar-refractivity contribution is 5.51. The number of nitrogens with one attached hydrogen (secondary N) is 1. The van der Waals surface area contributed by atoms with E-state index in [0.29, 0.717) is 5.92 Å². The summed E-state index contributed by atoms with van der Waals surface area (Å²) in [6, 6.07) is 8.68. The van der Waals surface area contributed by atoms with Gasteiger partial charge in [-0.3, -0.25) is 4.90 Å². The van der Waals surface area contributed by atoms with E-state index < -0.39 is 0 Å². The van der Waals surface area contributed by atoms with Gasteiger partial charge in [0.25, 0.3) is 0 Å². The van der Waals surface area contributed by atoms with Gasteiger partial charge in [-0.15, -0.1) is 0 Å². The van der Waals surface area contributed by atoms with Gasteiger partial charge in [0.15, 0.2) is 0 Å². The molecule has 20 heavy (non-hydrogen) atoms. The topological polar surface area (TPSA) is 24.5 Å². The summed E-state index contributed by atoms with van der Waals surface area (Å²) in [6.45, 7) is 10.5. The molecule has 0 radical (unpaired) electrons. The maximum Gasteiger partial charge on any atom is 0.0511 e. The summed E-state index contributed by atoms with van der Waals surface area (Å²) in [5.41, 5.74) is 2.68. The quantitative estimate of drug-likeness (QED) is 0.826. The zero-order valence-electron chi connectivity index (χ0n) is 12.9. The minimum atomic E-state index is 0.658. The molecular weight excluding hydrogens is 248 g/mol. The Balaban J connectivity index is 1.92. The third-order valence-corrected chi connectivity index (χ3v) is 4.14. The molecule has 1 saturated heterocycles. The maximum atomic E-state index is 5.55.